The number of anilines is 1. The fraction of sp³-hybridized carbons (Fsp3) is 0.154. The fourth-order valence-electron chi connectivity index (χ4n) is 2.04. The fourth-order valence-corrected chi connectivity index (χ4v) is 3.26. The minimum atomic E-state index is -4.21. The van der Waals surface area contributed by atoms with Crippen molar-refractivity contribution < 1.29 is 12.8 Å². The molecule has 7 nitrogen and oxygen atoms in total. The highest BCUT2D eigenvalue weighted by molar-refractivity contribution is 7.92. The van der Waals surface area contributed by atoms with E-state index in [2.05, 4.69) is 19.8 Å². The number of benzene rings is 1. The van der Waals surface area contributed by atoms with Crippen LogP contribution in [0.25, 0.3) is 5.78 Å². The monoisotopic (exact) mass is 355 g/mol. The Morgan fingerprint density at radius 2 is 2.00 bits per heavy atom. The average molecular weight is 356 g/mol. The number of rotatable bonds is 3. The summed E-state index contributed by atoms with van der Waals surface area (Å²) in [5, 5.41) is 3.32. The van der Waals surface area contributed by atoms with Crippen molar-refractivity contribution >= 4 is 33.1 Å². The molecule has 1 N–H and O–H groups in total. The van der Waals surface area contributed by atoms with Crippen molar-refractivity contribution in [2.45, 2.75) is 19.0 Å². The summed E-state index contributed by atoms with van der Waals surface area (Å²) >= 11 is 5.82. The SMILES string of the molecule is Cc1cc(C)n2nc(S(=O)(=O)Nc3c(F)cccc3Cl)nc2n1. The van der Waals surface area contributed by atoms with Crippen LogP contribution < -0.4 is 4.72 Å². The molecule has 1 aromatic carbocycles. The molecule has 10 heteroatoms. The van der Waals surface area contributed by atoms with E-state index in [-0.39, 0.29) is 16.5 Å². The van der Waals surface area contributed by atoms with Gasteiger partial charge in [-0.05, 0) is 32.0 Å². The minimum Gasteiger partial charge on any atom is -0.272 e. The molecule has 2 aromatic heterocycles. The van der Waals surface area contributed by atoms with Gasteiger partial charge in [0.15, 0.2) is 0 Å². The summed E-state index contributed by atoms with van der Waals surface area (Å²) in [7, 11) is -4.21. The molecule has 120 valence electrons. The van der Waals surface area contributed by atoms with Gasteiger partial charge in [-0.25, -0.2) is 13.9 Å². The summed E-state index contributed by atoms with van der Waals surface area (Å²) in [6, 6.07) is 5.57. The molecule has 0 atom stereocenters. The third kappa shape index (κ3) is 2.84. The molecule has 0 spiro atoms. The van der Waals surface area contributed by atoms with Gasteiger partial charge in [-0.15, -0.1) is 5.10 Å². The van der Waals surface area contributed by atoms with E-state index in [0.29, 0.717) is 11.4 Å². The molecule has 0 aliphatic rings. The number of aryl methyl sites for hydroxylation is 2. The number of halogens is 2. The summed E-state index contributed by atoms with van der Waals surface area (Å²) in [6.45, 7) is 3.50. The van der Waals surface area contributed by atoms with Crippen molar-refractivity contribution in [1.29, 1.82) is 0 Å². The van der Waals surface area contributed by atoms with E-state index in [1.165, 1.54) is 16.6 Å². The molecule has 0 unspecified atom stereocenters. The van der Waals surface area contributed by atoms with Crippen molar-refractivity contribution in [3.63, 3.8) is 0 Å². The highest BCUT2D eigenvalue weighted by Gasteiger charge is 2.24. The molecule has 0 saturated carbocycles. The predicted molar refractivity (Wildman–Crippen MR) is 82.5 cm³/mol. The van der Waals surface area contributed by atoms with Crippen molar-refractivity contribution in [3.8, 4) is 0 Å². The summed E-state index contributed by atoms with van der Waals surface area (Å²) in [4.78, 5) is 8.00. The smallest absolute Gasteiger partial charge is 0.272 e. The maximum Gasteiger partial charge on any atom is 0.299 e. The molecule has 0 radical (unpaired) electrons. The predicted octanol–water partition coefficient (Wildman–Crippen LogP) is 2.33. The third-order valence-corrected chi connectivity index (χ3v) is 4.48. The normalized spacial score (nSPS) is 11.8. The second kappa shape index (κ2) is 5.43. The Morgan fingerprint density at radius 1 is 1.26 bits per heavy atom. The van der Waals surface area contributed by atoms with Crippen LogP contribution in [0.1, 0.15) is 11.4 Å². The molecule has 3 rings (SSSR count). The maximum absolute atomic E-state index is 13.7. The largest absolute Gasteiger partial charge is 0.299 e. The Kier molecular flexibility index (Phi) is 3.69. The first-order valence-corrected chi connectivity index (χ1v) is 8.32. The molecule has 0 fully saturated rings. The van der Waals surface area contributed by atoms with E-state index in [0.717, 1.165) is 6.07 Å². The molecule has 0 amide bonds. The number of hydrogen-bond acceptors (Lipinski definition) is 5. The zero-order valence-corrected chi connectivity index (χ0v) is 13.7. The molecule has 3 aromatic rings. The van der Waals surface area contributed by atoms with Crippen LogP contribution in [0.5, 0.6) is 0 Å². The van der Waals surface area contributed by atoms with Crippen molar-refractivity contribution in [2.24, 2.45) is 0 Å². The molecule has 2 heterocycles. The molecule has 0 aliphatic heterocycles. The Balaban J connectivity index is 2.08. The van der Waals surface area contributed by atoms with Crippen LogP contribution in [0.15, 0.2) is 29.4 Å². The molecule has 23 heavy (non-hydrogen) atoms. The lowest BCUT2D eigenvalue weighted by Crippen LogP contribution is -2.16. The zero-order chi connectivity index (χ0) is 16.8. The number of para-hydroxylation sites is 1. The number of sulfonamides is 1. The third-order valence-electron chi connectivity index (χ3n) is 3.04. The lowest BCUT2D eigenvalue weighted by molar-refractivity contribution is 0.590. The Morgan fingerprint density at radius 3 is 2.70 bits per heavy atom. The molecule has 0 bridgehead atoms. The van der Waals surface area contributed by atoms with Crippen LogP contribution >= 0.6 is 11.6 Å². The number of nitrogens with zero attached hydrogens (tertiary/aromatic N) is 4. The number of nitrogens with one attached hydrogen (secondary N) is 1. The van der Waals surface area contributed by atoms with Gasteiger partial charge in [0.05, 0.1) is 5.02 Å². The van der Waals surface area contributed by atoms with Crippen molar-refractivity contribution in [1.82, 2.24) is 19.6 Å². The summed E-state index contributed by atoms with van der Waals surface area (Å²) in [6.07, 6.45) is 0. The average Bonchev–Trinajstić information content (AvgIpc) is 2.88. The summed E-state index contributed by atoms with van der Waals surface area (Å²) < 4.78 is 41.8. The molecule has 0 aliphatic carbocycles. The number of fused-ring (bicyclic) bond motifs is 1. The van der Waals surface area contributed by atoms with Gasteiger partial charge in [0.1, 0.15) is 11.5 Å². The van der Waals surface area contributed by atoms with Gasteiger partial charge in [0.25, 0.3) is 21.0 Å². The van der Waals surface area contributed by atoms with E-state index < -0.39 is 21.0 Å². The Labute approximate surface area is 136 Å². The van der Waals surface area contributed by atoms with Crippen LogP contribution in [-0.4, -0.2) is 28.0 Å². The van der Waals surface area contributed by atoms with E-state index >= 15 is 0 Å². The van der Waals surface area contributed by atoms with Gasteiger partial charge in [-0.2, -0.15) is 13.4 Å². The lowest BCUT2D eigenvalue weighted by atomic mass is 10.3. The topological polar surface area (TPSA) is 89.3 Å². The van der Waals surface area contributed by atoms with E-state index in [9.17, 15) is 12.8 Å². The standard InChI is InChI=1S/C13H11ClFN5O2S/c1-7-6-8(2)20-12(16-7)17-13(18-20)23(21,22)19-11-9(14)4-3-5-10(11)15/h3-6,19H,1-2H3. The van der Waals surface area contributed by atoms with Crippen LogP contribution in [0, 0.1) is 19.7 Å². The van der Waals surface area contributed by atoms with E-state index in [1.807, 2.05) is 0 Å². The Bertz CT molecular complexity index is 998. The molecule has 0 saturated heterocycles. The highest BCUT2D eigenvalue weighted by atomic mass is 35.5. The van der Waals surface area contributed by atoms with E-state index in [1.54, 1.807) is 19.9 Å². The minimum absolute atomic E-state index is 0.0671. The van der Waals surface area contributed by atoms with Gasteiger partial charge in [-0.1, -0.05) is 17.7 Å². The van der Waals surface area contributed by atoms with Crippen molar-refractivity contribution in [3.05, 3.63) is 46.5 Å². The zero-order valence-electron chi connectivity index (χ0n) is 12.1. The first kappa shape index (κ1) is 15.6. The molecular formula is C13H11ClFN5O2S. The maximum atomic E-state index is 13.7. The van der Waals surface area contributed by atoms with Crippen LogP contribution in [0.3, 0.4) is 0 Å². The lowest BCUT2D eigenvalue weighted by Gasteiger charge is -2.07. The van der Waals surface area contributed by atoms with Crippen LogP contribution in [0.4, 0.5) is 10.1 Å². The first-order valence-electron chi connectivity index (χ1n) is 6.46. The van der Waals surface area contributed by atoms with Gasteiger partial charge < -0.3 is 0 Å². The van der Waals surface area contributed by atoms with Crippen LogP contribution in [0.2, 0.25) is 5.02 Å². The summed E-state index contributed by atoms with van der Waals surface area (Å²) in [5.41, 5.74) is 0.996. The van der Waals surface area contributed by atoms with Crippen molar-refractivity contribution in [2.75, 3.05) is 4.72 Å². The second-order valence-electron chi connectivity index (χ2n) is 4.85. The van der Waals surface area contributed by atoms with Gasteiger partial charge in [-0.3, -0.25) is 4.72 Å². The quantitative estimate of drug-likeness (QED) is 0.778. The van der Waals surface area contributed by atoms with Gasteiger partial charge >= 0.3 is 0 Å². The van der Waals surface area contributed by atoms with Gasteiger partial charge in [0.2, 0.25) is 0 Å². The van der Waals surface area contributed by atoms with Crippen LogP contribution in [-0.2, 0) is 10.0 Å². The highest BCUT2D eigenvalue weighted by Crippen LogP contribution is 2.26. The summed E-state index contributed by atoms with van der Waals surface area (Å²) in [5.74, 6) is -0.655. The number of aromatic nitrogens is 4. The first-order chi connectivity index (χ1) is 10.8. The molecular weight excluding hydrogens is 345 g/mol. The number of hydrogen-bond donors (Lipinski definition) is 1. The van der Waals surface area contributed by atoms with E-state index in [4.69, 9.17) is 11.6 Å². The second-order valence-corrected chi connectivity index (χ2v) is 6.83. The van der Waals surface area contributed by atoms with Gasteiger partial charge in [0, 0.05) is 11.4 Å². The Hall–Kier alpha value is -2.26.